The van der Waals surface area contributed by atoms with Gasteiger partial charge in [0.1, 0.15) is 5.82 Å². The summed E-state index contributed by atoms with van der Waals surface area (Å²) in [5, 5.41) is 13.0. The van der Waals surface area contributed by atoms with Crippen LogP contribution in [-0.4, -0.2) is 29.8 Å². The molecule has 25 heavy (non-hydrogen) atoms. The Bertz CT molecular complexity index is 1050. The highest BCUT2D eigenvalue weighted by Gasteiger charge is 2.14. The van der Waals surface area contributed by atoms with Gasteiger partial charge in [-0.1, -0.05) is 36.0 Å². The van der Waals surface area contributed by atoms with Gasteiger partial charge in [-0.3, -0.25) is 0 Å². The van der Waals surface area contributed by atoms with Crippen molar-refractivity contribution < 1.29 is 0 Å². The molecule has 4 rings (SSSR count). The van der Waals surface area contributed by atoms with Crippen LogP contribution in [0.2, 0.25) is 0 Å². The average Bonchev–Trinajstić information content (AvgIpc) is 3.20. The van der Waals surface area contributed by atoms with Crippen molar-refractivity contribution in [1.82, 2.24) is 29.8 Å². The summed E-state index contributed by atoms with van der Waals surface area (Å²) in [6.45, 7) is 4.18. The van der Waals surface area contributed by atoms with E-state index in [1.165, 1.54) is 11.1 Å². The maximum atomic E-state index is 4.71. The van der Waals surface area contributed by atoms with Gasteiger partial charge in [-0.2, -0.15) is 4.68 Å². The Balaban J connectivity index is 1.63. The third-order valence-corrected chi connectivity index (χ3v) is 5.37. The molecule has 0 aliphatic rings. The van der Waals surface area contributed by atoms with E-state index in [4.69, 9.17) is 4.98 Å². The summed E-state index contributed by atoms with van der Waals surface area (Å²) in [5.74, 6) is 1.71. The lowest BCUT2D eigenvalue weighted by Crippen LogP contribution is -2.03. The maximum Gasteiger partial charge on any atom is 0.214 e. The molecule has 2 aromatic heterocycles. The molecule has 2 aromatic carbocycles. The van der Waals surface area contributed by atoms with E-state index in [9.17, 15) is 0 Å². The number of hydrogen-bond donors (Lipinski definition) is 0. The van der Waals surface area contributed by atoms with Crippen LogP contribution in [0.4, 0.5) is 0 Å². The summed E-state index contributed by atoms with van der Waals surface area (Å²) in [6, 6.07) is 14.3. The first-order valence-electron chi connectivity index (χ1n) is 8.03. The molecular weight excluding hydrogens is 332 g/mol. The van der Waals surface area contributed by atoms with E-state index in [0.717, 1.165) is 27.7 Å². The second-order valence-electron chi connectivity index (χ2n) is 5.96. The molecule has 0 unspecified atom stereocenters. The quantitative estimate of drug-likeness (QED) is 0.528. The molecule has 2 heterocycles. The van der Waals surface area contributed by atoms with Crippen molar-refractivity contribution in [2.24, 2.45) is 7.05 Å². The molecule has 4 aromatic rings. The van der Waals surface area contributed by atoms with E-state index in [0.29, 0.717) is 5.75 Å². The number of fused-ring (bicyclic) bond motifs is 1. The molecular formula is C18H18N6S. The fourth-order valence-corrected chi connectivity index (χ4v) is 3.71. The molecule has 0 N–H and O–H groups in total. The molecule has 0 aliphatic carbocycles. The molecule has 0 fully saturated rings. The van der Waals surface area contributed by atoms with Gasteiger partial charge in [0.25, 0.3) is 0 Å². The van der Waals surface area contributed by atoms with Crippen molar-refractivity contribution in [2.75, 3.05) is 0 Å². The summed E-state index contributed by atoms with van der Waals surface area (Å²) in [6.07, 6.45) is 0. The van der Waals surface area contributed by atoms with Crippen molar-refractivity contribution >= 4 is 22.8 Å². The van der Waals surface area contributed by atoms with E-state index in [-0.39, 0.29) is 0 Å². The number of para-hydroxylation sites is 2. The molecule has 126 valence electrons. The molecule has 0 saturated heterocycles. The van der Waals surface area contributed by atoms with Crippen molar-refractivity contribution in [2.45, 2.75) is 24.8 Å². The minimum Gasteiger partial charge on any atom is -0.330 e. The molecule has 0 aliphatic heterocycles. The summed E-state index contributed by atoms with van der Waals surface area (Å²) >= 11 is 1.59. The molecule has 0 bridgehead atoms. The van der Waals surface area contributed by atoms with Gasteiger partial charge in [-0.15, -0.1) is 5.10 Å². The highest BCUT2D eigenvalue weighted by Crippen LogP contribution is 2.26. The van der Waals surface area contributed by atoms with Gasteiger partial charge in [-0.05, 0) is 53.6 Å². The van der Waals surface area contributed by atoms with Gasteiger partial charge >= 0.3 is 0 Å². The van der Waals surface area contributed by atoms with E-state index in [1.807, 2.05) is 37.4 Å². The first-order chi connectivity index (χ1) is 12.1. The monoisotopic (exact) mass is 350 g/mol. The SMILES string of the molecule is Cc1cccc(-n2nnnc2SCc2nc3ccccc3n2C)c1C. The van der Waals surface area contributed by atoms with Crippen LogP contribution in [-0.2, 0) is 12.8 Å². The van der Waals surface area contributed by atoms with Crippen LogP contribution in [0.15, 0.2) is 47.6 Å². The Morgan fingerprint density at radius 1 is 1.04 bits per heavy atom. The topological polar surface area (TPSA) is 61.4 Å². The Morgan fingerprint density at radius 3 is 2.72 bits per heavy atom. The number of aromatic nitrogens is 6. The Morgan fingerprint density at radius 2 is 1.88 bits per heavy atom. The van der Waals surface area contributed by atoms with Crippen LogP contribution >= 0.6 is 11.8 Å². The van der Waals surface area contributed by atoms with Crippen LogP contribution < -0.4 is 0 Å². The largest absolute Gasteiger partial charge is 0.330 e. The number of tetrazole rings is 1. The van der Waals surface area contributed by atoms with Gasteiger partial charge in [0.2, 0.25) is 5.16 Å². The number of thioether (sulfide) groups is 1. The van der Waals surface area contributed by atoms with Crippen molar-refractivity contribution in [3.8, 4) is 5.69 Å². The van der Waals surface area contributed by atoms with Crippen molar-refractivity contribution in [1.29, 1.82) is 0 Å². The average molecular weight is 350 g/mol. The molecule has 0 atom stereocenters. The molecule has 7 heteroatoms. The fraction of sp³-hybridized carbons (Fsp3) is 0.222. The molecule has 0 radical (unpaired) electrons. The number of hydrogen-bond acceptors (Lipinski definition) is 5. The van der Waals surface area contributed by atoms with E-state index < -0.39 is 0 Å². The first-order valence-corrected chi connectivity index (χ1v) is 9.02. The van der Waals surface area contributed by atoms with Gasteiger partial charge in [0, 0.05) is 7.05 Å². The Kier molecular flexibility index (Phi) is 4.01. The normalized spacial score (nSPS) is 11.3. The third kappa shape index (κ3) is 2.80. The Labute approximate surface area is 149 Å². The van der Waals surface area contributed by atoms with Gasteiger partial charge < -0.3 is 4.57 Å². The number of nitrogens with zero attached hydrogens (tertiary/aromatic N) is 6. The zero-order valence-corrected chi connectivity index (χ0v) is 15.2. The maximum absolute atomic E-state index is 4.71. The molecule has 0 amide bonds. The van der Waals surface area contributed by atoms with E-state index in [1.54, 1.807) is 16.4 Å². The lowest BCUT2D eigenvalue weighted by molar-refractivity contribution is 0.750. The summed E-state index contributed by atoms with van der Waals surface area (Å²) < 4.78 is 3.92. The number of benzene rings is 2. The fourth-order valence-electron chi connectivity index (χ4n) is 2.84. The van der Waals surface area contributed by atoms with E-state index in [2.05, 4.69) is 46.1 Å². The summed E-state index contributed by atoms with van der Waals surface area (Å²) in [4.78, 5) is 4.71. The number of rotatable bonds is 4. The van der Waals surface area contributed by atoms with Crippen LogP contribution in [0.1, 0.15) is 17.0 Å². The highest BCUT2D eigenvalue weighted by molar-refractivity contribution is 7.98. The minimum atomic E-state index is 0.705. The summed E-state index contributed by atoms with van der Waals surface area (Å²) in [7, 11) is 2.04. The van der Waals surface area contributed by atoms with Crippen LogP contribution in [0, 0.1) is 13.8 Å². The zero-order valence-electron chi connectivity index (χ0n) is 14.3. The van der Waals surface area contributed by atoms with Crippen LogP contribution in [0.25, 0.3) is 16.7 Å². The van der Waals surface area contributed by atoms with Crippen molar-refractivity contribution in [3.05, 3.63) is 59.4 Å². The smallest absolute Gasteiger partial charge is 0.214 e. The second-order valence-corrected chi connectivity index (χ2v) is 6.90. The number of aryl methyl sites for hydroxylation is 2. The third-order valence-electron chi connectivity index (χ3n) is 4.46. The van der Waals surface area contributed by atoms with Gasteiger partial charge in [0.15, 0.2) is 0 Å². The zero-order chi connectivity index (χ0) is 17.4. The molecule has 0 spiro atoms. The van der Waals surface area contributed by atoms with Crippen molar-refractivity contribution in [3.63, 3.8) is 0 Å². The standard InChI is InChI=1S/C18H18N6S/c1-12-7-6-10-15(13(12)2)24-18(20-21-22-24)25-11-17-19-14-8-4-5-9-16(14)23(17)3/h4-10H,11H2,1-3H3. The van der Waals surface area contributed by atoms with Crippen LogP contribution in [0.3, 0.4) is 0 Å². The predicted octanol–water partition coefficient (Wildman–Crippen LogP) is 3.46. The molecule has 0 saturated carbocycles. The lowest BCUT2D eigenvalue weighted by Gasteiger charge is -2.09. The van der Waals surface area contributed by atoms with Crippen LogP contribution in [0.5, 0.6) is 0 Å². The Hall–Kier alpha value is -2.67. The van der Waals surface area contributed by atoms with Gasteiger partial charge in [-0.25, -0.2) is 4.98 Å². The predicted molar refractivity (Wildman–Crippen MR) is 98.9 cm³/mol. The summed E-state index contributed by atoms with van der Waals surface area (Å²) in [5.41, 5.74) is 5.55. The minimum absolute atomic E-state index is 0.705. The van der Waals surface area contributed by atoms with Gasteiger partial charge in [0.05, 0.1) is 22.5 Å². The lowest BCUT2D eigenvalue weighted by atomic mass is 10.1. The second kappa shape index (κ2) is 6.33. The number of imidazole rings is 1. The molecule has 6 nitrogen and oxygen atoms in total. The van der Waals surface area contributed by atoms with E-state index >= 15 is 0 Å². The highest BCUT2D eigenvalue weighted by atomic mass is 32.2. The first kappa shape index (κ1) is 15.8.